The number of benzene rings is 1. The molecule has 188 valence electrons. The Morgan fingerprint density at radius 3 is 3.00 bits per heavy atom. The Morgan fingerprint density at radius 1 is 1.38 bits per heavy atom. The number of carbonyl (C=O) groups excluding carboxylic acids is 1. The average molecular weight is 495 g/mol. The summed E-state index contributed by atoms with van der Waals surface area (Å²) in [5.74, 6) is 0.0586. The van der Waals surface area contributed by atoms with Crippen molar-refractivity contribution < 1.29 is 28.5 Å². The van der Waals surface area contributed by atoms with Gasteiger partial charge in [0.05, 0.1) is 25.3 Å². The lowest BCUT2D eigenvalue weighted by atomic mass is 10.0. The molecule has 9 heteroatoms. The molecule has 2 atom stereocenters. The maximum absolute atomic E-state index is 13.6. The van der Waals surface area contributed by atoms with E-state index >= 15 is 0 Å². The summed E-state index contributed by atoms with van der Waals surface area (Å²) in [4.78, 5) is 18.5. The molecule has 1 aliphatic rings. The predicted octanol–water partition coefficient (Wildman–Crippen LogP) is 3.13. The fraction of sp³-hybridized carbons (Fsp3) is 0.560. The van der Waals surface area contributed by atoms with Gasteiger partial charge in [0, 0.05) is 50.9 Å². The van der Waals surface area contributed by atoms with Crippen molar-refractivity contribution in [2.24, 2.45) is 0 Å². The summed E-state index contributed by atoms with van der Waals surface area (Å²) >= 11 is 1.69. The van der Waals surface area contributed by atoms with Crippen molar-refractivity contribution in [3.8, 4) is 5.75 Å². The number of rotatable bonds is 14. The predicted molar refractivity (Wildman–Crippen MR) is 130 cm³/mol. The average Bonchev–Trinajstić information content (AvgIpc) is 3.30. The third kappa shape index (κ3) is 7.74. The van der Waals surface area contributed by atoms with E-state index < -0.39 is 6.10 Å². The van der Waals surface area contributed by atoms with Gasteiger partial charge in [-0.05, 0) is 48.9 Å². The van der Waals surface area contributed by atoms with Crippen molar-refractivity contribution in [3.63, 3.8) is 0 Å². The molecule has 1 aliphatic heterocycles. The SMILES string of the molecule is CCOCC(O)CN(CCCOC)CC(=O)N1CCc2sccc2C1COc1cccc(F)c1. The molecule has 0 spiro atoms. The van der Waals surface area contributed by atoms with Crippen LogP contribution in [0.15, 0.2) is 35.7 Å². The van der Waals surface area contributed by atoms with Gasteiger partial charge >= 0.3 is 0 Å². The van der Waals surface area contributed by atoms with E-state index in [2.05, 4.69) is 0 Å². The van der Waals surface area contributed by atoms with Gasteiger partial charge in [-0.1, -0.05) is 6.07 Å². The number of thiophene rings is 1. The summed E-state index contributed by atoms with van der Waals surface area (Å²) in [6.07, 6.45) is 0.879. The van der Waals surface area contributed by atoms with Crippen molar-refractivity contribution in [1.82, 2.24) is 9.80 Å². The second kappa shape index (κ2) is 13.7. The molecule has 2 unspecified atom stereocenters. The number of aliphatic hydroxyl groups is 1. The van der Waals surface area contributed by atoms with Crippen LogP contribution in [-0.4, -0.2) is 86.6 Å². The molecule has 34 heavy (non-hydrogen) atoms. The molecular weight excluding hydrogens is 459 g/mol. The molecule has 2 aromatic rings. The lowest BCUT2D eigenvalue weighted by molar-refractivity contribution is -0.136. The highest BCUT2D eigenvalue weighted by Gasteiger charge is 2.33. The van der Waals surface area contributed by atoms with Crippen LogP contribution in [0, 0.1) is 5.82 Å². The van der Waals surface area contributed by atoms with E-state index in [0.717, 1.165) is 18.4 Å². The monoisotopic (exact) mass is 494 g/mol. The topological polar surface area (TPSA) is 71.5 Å². The van der Waals surface area contributed by atoms with Crippen LogP contribution in [0.5, 0.6) is 5.75 Å². The van der Waals surface area contributed by atoms with Crippen LogP contribution in [0.1, 0.15) is 29.8 Å². The highest BCUT2D eigenvalue weighted by atomic mass is 32.1. The van der Waals surface area contributed by atoms with E-state index in [-0.39, 0.29) is 37.5 Å². The van der Waals surface area contributed by atoms with Gasteiger partial charge in [0.1, 0.15) is 18.2 Å². The lowest BCUT2D eigenvalue weighted by Crippen LogP contribution is -2.48. The smallest absolute Gasteiger partial charge is 0.237 e. The number of carbonyl (C=O) groups is 1. The van der Waals surface area contributed by atoms with E-state index in [9.17, 15) is 14.3 Å². The highest BCUT2D eigenvalue weighted by Crippen LogP contribution is 2.34. The summed E-state index contributed by atoms with van der Waals surface area (Å²) in [7, 11) is 1.65. The quantitative estimate of drug-likeness (QED) is 0.407. The van der Waals surface area contributed by atoms with Crippen LogP contribution in [0.2, 0.25) is 0 Å². The van der Waals surface area contributed by atoms with Crippen LogP contribution in [0.4, 0.5) is 4.39 Å². The second-order valence-electron chi connectivity index (χ2n) is 8.32. The van der Waals surface area contributed by atoms with E-state index in [1.54, 1.807) is 30.6 Å². The molecule has 0 saturated carbocycles. The fourth-order valence-electron chi connectivity index (χ4n) is 4.16. The van der Waals surface area contributed by atoms with E-state index in [1.165, 1.54) is 17.0 Å². The molecule has 1 N–H and O–H groups in total. The molecule has 3 rings (SSSR count). The van der Waals surface area contributed by atoms with Crippen molar-refractivity contribution >= 4 is 17.2 Å². The minimum Gasteiger partial charge on any atom is -0.491 e. The Bertz CT molecular complexity index is 896. The van der Waals surface area contributed by atoms with E-state index in [4.69, 9.17) is 14.2 Å². The van der Waals surface area contributed by atoms with Crippen LogP contribution in [0.25, 0.3) is 0 Å². The summed E-state index contributed by atoms with van der Waals surface area (Å²) in [5.41, 5.74) is 1.09. The first-order valence-electron chi connectivity index (χ1n) is 11.7. The van der Waals surface area contributed by atoms with Gasteiger partial charge in [-0.25, -0.2) is 4.39 Å². The van der Waals surface area contributed by atoms with Crippen LogP contribution in [-0.2, 0) is 20.7 Å². The Morgan fingerprint density at radius 2 is 2.24 bits per heavy atom. The van der Waals surface area contributed by atoms with Gasteiger partial charge < -0.3 is 24.2 Å². The summed E-state index contributed by atoms with van der Waals surface area (Å²) < 4.78 is 30.0. The number of fused-ring (bicyclic) bond motifs is 1. The largest absolute Gasteiger partial charge is 0.491 e. The number of nitrogens with zero attached hydrogens (tertiary/aromatic N) is 2. The summed E-state index contributed by atoms with van der Waals surface area (Å²) in [6, 6.07) is 7.83. The number of halogens is 1. The zero-order chi connectivity index (χ0) is 24.3. The van der Waals surface area contributed by atoms with Crippen LogP contribution >= 0.6 is 11.3 Å². The van der Waals surface area contributed by atoms with Crippen molar-refractivity contribution in [2.45, 2.75) is 31.9 Å². The first-order chi connectivity index (χ1) is 16.5. The molecule has 1 aromatic carbocycles. The van der Waals surface area contributed by atoms with Crippen LogP contribution < -0.4 is 4.74 Å². The normalized spacial score (nSPS) is 16.5. The van der Waals surface area contributed by atoms with Gasteiger partial charge in [0.15, 0.2) is 0 Å². The number of methoxy groups -OCH3 is 1. The van der Waals surface area contributed by atoms with Crippen molar-refractivity contribution in [3.05, 3.63) is 52.0 Å². The summed E-state index contributed by atoms with van der Waals surface area (Å²) in [5, 5.41) is 12.4. The molecule has 0 aliphatic carbocycles. The molecule has 2 heterocycles. The van der Waals surface area contributed by atoms with E-state index in [0.29, 0.717) is 38.6 Å². The van der Waals surface area contributed by atoms with Gasteiger partial charge in [-0.15, -0.1) is 11.3 Å². The fourth-order valence-corrected chi connectivity index (χ4v) is 5.09. The standard InChI is InChI=1S/C25H35FN2O5S/c1-3-32-17-20(29)15-27(10-5-12-31-2)16-25(30)28-11-8-24-22(9-13-34-24)23(28)18-33-21-7-4-6-19(26)14-21/h4,6-7,9,13-14,20,23,29H,3,5,8,10-12,15-18H2,1-2H3. The Labute approximate surface area is 205 Å². The third-order valence-corrected chi connectivity index (χ3v) is 6.78. The summed E-state index contributed by atoms with van der Waals surface area (Å²) in [6.45, 7) is 5.23. The van der Waals surface area contributed by atoms with E-state index in [1.807, 2.05) is 28.2 Å². The second-order valence-corrected chi connectivity index (χ2v) is 9.32. The minimum atomic E-state index is -0.674. The lowest BCUT2D eigenvalue weighted by Gasteiger charge is -2.37. The number of aliphatic hydroxyl groups excluding tert-OH is 1. The molecule has 0 fully saturated rings. The number of amides is 1. The molecule has 0 saturated heterocycles. The van der Waals surface area contributed by atoms with Crippen LogP contribution in [0.3, 0.4) is 0 Å². The number of hydrogen-bond donors (Lipinski definition) is 1. The molecule has 0 bridgehead atoms. The first-order valence-corrected chi connectivity index (χ1v) is 12.6. The number of ether oxygens (including phenoxy) is 3. The Kier molecular flexibility index (Phi) is 10.7. The Balaban J connectivity index is 1.69. The number of hydrogen-bond acceptors (Lipinski definition) is 7. The molecule has 1 aromatic heterocycles. The van der Waals surface area contributed by atoms with Gasteiger partial charge in [0.2, 0.25) is 5.91 Å². The molecule has 0 radical (unpaired) electrons. The Hall–Kier alpha value is -2.04. The third-order valence-electron chi connectivity index (χ3n) is 5.78. The van der Waals surface area contributed by atoms with Gasteiger partial charge in [-0.2, -0.15) is 0 Å². The van der Waals surface area contributed by atoms with Crippen molar-refractivity contribution in [1.29, 1.82) is 0 Å². The molecular formula is C25H35FN2O5S. The zero-order valence-corrected chi connectivity index (χ0v) is 20.8. The maximum atomic E-state index is 13.6. The first kappa shape index (κ1) is 26.6. The minimum absolute atomic E-state index is 0.0225. The highest BCUT2D eigenvalue weighted by molar-refractivity contribution is 7.10. The zero-order valence-electron chi connectivity index (χ0n) is 20.0. The molecule has 7 nitrogen and oxygen atoms in total. The van der Waals surface area contributed by atoms with Gasteiger partial charge in [-0.3, -0.25) is 9.69 Å². The molecule has 1 amide bonds. The van der Waals surface area contributed by atoms with Crippen molar-refractivity contribution in [2.75, 3.05) is 59.7 Å². The van der Waals surface area contributed by atoms with Gasteiger partial charge in [0.25, 0.3) is 0 Å². The maximum Gasteiger partial charge on any atom is 0.237 e.